The average Bonchev–Trinajstić information content (AvgIpc) is 2.33. The molecule has 0 fully saturated rings. The SMILES string of the molecule is CCN(CC(C)C(=O)O)C(=O)C(C)(CC)CN. The maximum absolute atomic E-state index is 12.3. The average molecular weight is 244 g/mol. The van der Waals surface area contributed by atoms with Gasteiger partial charge in [0.15, 0.2) is 0 Å². The van der Waals surface area contributed by atoms with Crippen LogP contribution in [0.2, 0.25) is 0 Å². The molecule has 0 aromatic rings. The summed E-state index contributed by atoms with van der Waals surface area (Å²) in [7, 11) is 0. The van der Waals surface area contributed by atoms with Crippen molar-refractivity contribution in [3.8, 4) is 0 Å². The van der Waals surface area contributed by atoms with Gasteiger partial charge in [0.1, 0.15) is 0 Å². The van der Waals surface area contributed by atoms with Crippen LogP contribution in [0.1, 0.15) is 34.1 Å². The fourth-order valence-corrected chi connectivity index (χ4v) is 1.53. The van der Waals surface area contributed by atoms with Crippen molar-refractivity contribution in [2.75, 3.05) is 19.6 Å². The van der Waals surface area contributed by atoms with Gasteiger partial charge in [-0.05, 0) is 20.3 Å². The fraction of sp³-hybridized carbons (Fsp3) is 0.833. The first-order valence-corrected chi connectivity index (χ1v) is 6.04. The van der Waals surface area contributed by atoms with Gasteiger partial charge in [0.05, 0.1) is 11.3 Å². The number of aliphatic carboxylic acids is 1. The highest BCUT2D eigenvalue weighted by Crippen LogP contribution is 2.23. The lowest BCUT2D eigenvalue weighted by Gasteiger charge is -2.33. The van der Waals surface area contributed by atoms with Crippen LogP contribution in [0.5, 0.6) is 0 Å². The Morgan fingerprint density at radius 3 is 2.24 bits per heavy atom. The summed E-state index contributed by atoms with van der Waals surface area (Å²) in [5.41, 5.74) is 5.05. The van der Waals surface area contributed by atoms with Crippen LogP contribution in [0, 0.1) is 11.3 Å². The molecule has 100 valence electrons. The number of nitrogens with zero attached hydrogens (tertiary/aromatic N) is 1. The summed E-state index contributed by atoms with van der Waals surface area (Å²) < 4.78 is 0. The summed E-state index contributed by atoms with van der Waals surface area (Å²) in [6, 6.07) is 0. The molecule has 17 heavy (non-hydrogen) atoms. The number of carboxylic acid groups (broad SMARTS) is 1. The van der Waals surface area contributed by atoms with Gasteiger partial charge in [0.25, 0.3) is 0 Å². The summed E-state index contributed by atoms with van der Waals surface area (Å²) in [5, 5.41) is 8.86. The number of amides is 1. The van der Waals surface area contributed by atoms with E-state index in [1.807, 2.05) is 20.8 Å². The van der Waals surface area contributed by atoms with Gasteiger partial charge in [0, 0.05) is 19.6 Å². The van der Waals surface area contributed by atoms with Gasteiger partial charge < -0.3 is 15.7 Å². The van der Waals surface area contributed by atoms with Crippen LogP contribution in [0.15, 0.2) is 0 Å². The van der Waals surface area contributed by atoms with E-state index in [1.54, 1.807) is 11.8 Å². The van der Waals surface area contributed by atoms with Crippen molar-refractivity contribution in [3.05, 3.63) is 0 Å². The van der Waals surface area contributed by atoms with Crippen molar-refractivity contribution in [1.82, 2.24) is 4.90 Å². The standard InChI is InChI=1S/C12H24N2O3/c1-5-12(4,8-13)11(17)14(6-2)7-9(3)10(15)16/h9H,5-8,13H2,1-4H3,(H,15,16). The zero-order chi connectivity index (χ0) is 13.6. The molecule has 3 N–H and O–H groups in total. The van der Waals surface area contributed by atoms with Crippen LogP contribution < -0.4 is 5.73 Å². The Morgan fingerprint density at radius 1 is 1.41 bits per heavy atom. The van der Waals surface area contributed by atoms with Crippen LogP contribution in [-0.2, 0) is 9.59 Å². The molecule has 0 aliphatic rings. The monoisotopic (exact) mass is 244 g/mol. The molecular formula is C12H24N2O3. The first-order chi connectivity index (χ1) is 7.82. The molecule has 0 bridgehead atoms. The largest absolute Gasteiger partial charge is 0.481 e. The van der Waals surface area contributed by atoms with E-state index in [4.69, 9.17) is 10.8 Å². The number of hydrogen-bond acceptors (Lipinski definition) is 3. The van der Waals surface area contributed by atoms with Gasteiger partial charge in [-0.2, -0.15) is 0 Å². The molecule has 0 saturated heterocycles. The molecule has 1 amide bonds. The number of hydrogen-bond donors (Lipinski definition) is 2. The molecule has 2 atom stereocenters. The van der Waals surface area contributed by atoms with E-state index in [0.717, 1.165) is 0 Å². The maximum atomic E-state index is 12.3. The van der Waals surface area contributed by atoms with Crippen LogP contribution in [0.25, 0.3) is 0 Å². The molecule has 0 rings (SSSR count). The second-order valence-electron chi connectivity index (χ2n) is 4.70. The molecule has 0 saturated carbocycles. The van der Waals surface area contributed by atoms with E-state index in [1.165, 1.54) is 0 Å². The number of rotatable bonds is 7. The molecule has 0 aromatic heterocycles. The first-order valence-electron chi connectivity index (χ1n) is 6.04. The van der Waals surface area contributed by atoms with Crippen molar-refractivity contribution in [2.24, 2.45) is 17.1 Å². The van der Waals surface area contributed by atoms with Crippen LogP contribution in [-0.4, -0.2) is 41.5 Å². The van der Waals surface area contributed by atoms with Crippen molar-refractivity contribution in [2.45, 2.75) is 34.1 Å². The predicted octanol–water partition coefficient (Wildman–Crippen LogP) is 0.931. The van der Waals surface area contributed by atoms with Gasteiger partial charge >= 0.3 is 5.97 Å². The zero-order valence-electron chi connectivity index (χ0n) is 11.2. The Balaban J connectivity index is 4.77. The Bertz CT molecular complexity index is 275. The number of nitrogens with two attached hydrogens (primary N) is 1. The van der Waals surface area contributed by atoms with Gasteiger partial charge in [-0.1, -0.05) is 13.8 Å². The molecule has 0 radical (unpaired) electrons. The summed E-state index contributed by atoms with van der Waals surface area (Å²) in [6.45, 7) is 8.21. The number of carbonyl (C=O) groups excluding carboxylic acids is 1. The molecule has 0 spiro atoms. The zero-order valence-corrected chi connectivity index (χ0v) is 11.2. The van der Waals surface area contributed by atoms with Gasteiger partial charge in [0.2, 0.25) is 5.91 Å². The van der Waals surface area contributed by atoms with Gasteiger partial charge in [-0.25, -0.2) is 0 Å². The molecule has 2 unspecified atom stereocenters. The van der Waals surface area contributed by atoms with Crippen LogP contribution >= 0.6 is 0 Å². The van der Waals surface area contributed by atoms with Gasteiger partial charge in [-0.15, -0.1) is 0 Å². The quantitative estimate of drug-likeness (QED) is 0.698. The topological polar surface area (TPSA) is 83.6 Å². The fourth-order valence-electron chi connectivity index (χ4n) is 1.53. The highest BCUT2D eigenvalue weighted by Gasteiger charge is 2.34. The molecule has 0 aliphatic heterocycles. The van der Waals surface area contributed by atoms with E-state index in [-0.39, 0.29) is 19.0 Å². The first kappa shape index (κ1) is 15.9. The highest BCUT2D eigenvalue weighted by molar-refractivity contribution is 5.83. The van der Waals surface area contributed by atoms with Crippen molar-refractivity contribution in [1.29, 1.82) is 0 Å². The normalized spacial score (nSPS) is 16.1. The summed E-state index contributed by atoms with van der Waals surface area (Å²) in [5.74, 6) is -1.50. The second-order valence-corrected chi connectivity index (χ2v) is 4.70. The maximum Gasteiger partial charge on any atom is 0.308 e. The molecule has 0 heterocycles. The van der Waals surface area contributed by atoms with E-state index < -0.39 is 17.3 Å². The molecule has 0 aromatic carbocycles. The second kappa shape index (κ2) is 6.59. The van der Waals surface area contributed by atoms with Crippen molar-refractivity contribution >= 4 is 11.9 Å². The Labute approximate surface area is 103 Å². The summed E-state index contributed by atoms with van der Waals surface area (Å²) in [6.07, 6.45) is 0.653. The van der Waals surface area contributed by atoms with Gasteiger partial charge in [-0.3, -0.25) is 9.59 Å². The van der Waals surface area contributed by atoms with E-state index in [2.05, 4.69) is 0 Å². The smallest absolute Gasteiger partial charge is 0.308 e. The Hall–Kier alpha value is -1.10. The highest BCUT2D eigenvalue weighted by atomic mass is 16.4. The van der Waals surface area contributed by atoms with Crippen molar-refractivity contribution in [3.63, 3.8) is 0 Å². The summed E-state index contributed by atoms with van der Waals surface area (Å²) >= 11 is 0. The third kappa shape index (κ3) is 4.00. The molecule has 0 aliphatic carbocycles. The Kier molecular flexibility index (Phi) is 6.16. The lowest BCUT2D eigenvalue weighted by molar-refractivity contribution is -0.146. The van der Waals surface area contributed by atoms with E-state index in [0.29, 0.717) is 13.0 Å². The molecule has 5 heteroatoms. The Morgan fingerprint density at radius 2 is 1.94 bits per heavy atom. The molecular weight excluding hydrogens is 220 g/mol. The lowest BCUT2D eigenvalue weighted by Crippen LogP contribution is -2.48. The van der Waals surface area contributed by atoms with Crippen molar-refractivity contribution < 1.29 is 14.7 Å². The van der Waals surface area contributed by atoms with E-state index >= 15 is 0 Å². The molecule has 5 nitrogen and oxygen atoms in total. The third-order valence-electron chi connectivity index (χ3n) is 3.33. The van der Waals surface area contributed by atoms with Crippen LogP contribution in [0.3, 0.4) is 0 Å². The number of carboxylic acids is 1. The predicted molar refractivity (Wildman–Crippen MR) is 66.5 cm³/mol. The minimum atomic E-state index is -0.887. The lowest BCUT2D eigenvalue weighted by atomic mass is 9.85. The third-order valence-corrected chi connectivity index (χ3v) is 3.33. The minimum absolute atomic E-state index is 0.0573. The number of carbonyl (C=O) groups is 2. The summed E-state index contributed by atoms with van der Waals surface area (Å²) in [4.78, 5) is 24.6. The van der Waals surface area contributed by atoms with E-state index in [9.17, 15) is 9.59 Å². The minimum Gasteiger partial charge on any atom is -0.481 e. The van der Waals surface area contributed by atoms with Crippen LogP contribution in [0.4, 0.5) is 0 Å².